The Morgan fingerprint density at radius 2 is 2.00 bits per heavy atom. The number of rotatable bonds is 6. The summed E-state index contributed by atoms with van der Waals surface area (Å²) in [6.07, 6.45) is 0. The van der Waals surface area contributed by atoms with Gasteiger partial charge in [0.15, 0.2) is 0 Å². The van der Waals surface area contributed by atoms with Gasteiger partial charge in [-0.1, -0.05) is 35.9 Å². The zero-order valence-electron chi connectivity index (χ0n) is 12.7. The van der Waals surface area contributed by atoms with Crippen molar-refractivity contribution in [1.82, 2.24) is 15.5 Å². The molecule has 2 aromatic rings. The van der Waals surface area contributed by atoms with Gasteiger partial charge in [-0.25, -0.2) is 4.79 Å². The monoisotopic (exact) mass is 337 g/mol. The highest BCUT2D eigenvalue weighted by atomic mass is 35.5. The van der Waals surface area contributed by atoms with E-state index in [4.69, 9.17) is 11.6 Å². The third-order valence-electron chi connectivity index (χ3n) is 3.35. The van der Waals surface area contributed by atoms with Gasteiger partial charge in [0, 0.05) is 16.4 Å². The van der Waals surface area contributed by atoms with Crippen LogP contribution >= 0.6 is 22.9 Å². The van der Waals surface area contributed by atoms with Gasteiger partial charge in [0.25, 0.3) is 0 Å². The zero-order chi connectivity index (χ0) is 15.9. The second-order valence-corrected chi connectivity index (χ2v) is 6.58. The Balaban J connectivity index is 1.89. The first-order valence-electron chi connectivity index (χ1n) is 7.03. The molecule has 6 heteroatoms. The van der Waals surface area contributed by atoms with Crippen molar-refractivity contribution in [3.63, 3.8) is 0 Å². The second kappa shape index (κ2) is 8.17. The zero-order valence-corrected chi connectivity index (χ0v) is 14.2. The first kappa shape index (κ1) is 16.8. The van der Waals surface area contributed by atoms with Crippen molar-refractivity contribution in [1.29, 1.82) is 0 Å². The minimum Gasteiger partial charge on any atom is -0.336 e. The predicted octanol–water partition coefficient (Wildman–Crippen LogP) is 3.50. The Kier molecular flexibility index (Phi) is 6.24. The number of halogens is 1. The van der Waals surface area contributed by atoms with Crippen LogP contribution in [-0.2, 0) is 6.54 Å². The summed E-state index contributed by atoms with van der Waals surface area (Å²) in [6.45, 7) is 1.04. The van der Waals surface area contributed by atoms with Gasteiger partial charge in [-0.05, 0) is 37.2 Å². The Labute approximate surface area is 140 Å². The fraction of sp³-hybridized carbons (Fsp3) is 0.312. The lowest BCUT2D eigenvalue weighted by Crippen LogP contribution is -2.40. The van der Waals surface area contributed by atoms with Crippen LogP contribution in [0.4, 0.5) is 4.79 Å². The molecule has 1 aromatic carbocycles. The van der Waals surface area contributed by atoms with Crippen LogP contribution in [0.25, 0.3) is 0 Å². The molecule has 0 spiro atoms. The summed E-state index contributed by atoms with van der Waals surface area (Å²) in [5, 5.41) is 8.47. The number of hydrogen-bond donors (Lipinski definition) is 2. The van der Waals surface area contributed by atoms with Crippen molar-refractivity contribution in [3.05, 3.63) is 57.2 Å². The third kappa shape index (κ3) is 4.73. The van der Waals surface area contributed by atoms with Crippen molar-refractivity contribution >= 4 is 29.0 Å². The smallest absolute Gasteiger partial charge is 0.315 e. The maximum absolute atomic E-state index is 11.9. The van der Waals surface area contributed by atoms with Crippen LogP contribution < -0.4 is 10.6 Å². The minimum atomic E-state index is -0.174. The third-order valence-corrected chi connectivity index (χ3v) is 4.57. The van der Waals surface area contributed by atoms with Crippen LogP contribution in [0, 0.1) is 0 Å². The molecule has 0 aliphatic heterocycles. The maximum atomic E-state index is 11.9. The maximum Gasteiger partial charge on any atom is 0.315 e. The molecule has 4 nitrogen and oxygen atoms in total. The second-order valence-electron chi connectivity index (χ2n) is 5.14. The molecule has 1 atom stereocenters. The Morgan fingerprint density at radius 1 is 1.23 bits per heavy atom. The molecule has 0 fully saturated rings. The van der Waals surface area contributed by atoms with Crippen LogP contribution in [0.3, 0.4) is 0 Å². The van der Waals surface area contributed by atoms with Gasteiger partial charge in [-0.15, -0.1) is 11.3 Å². The molecule has 0 unspecified atom stereocenters. The normalized spacial score (nSPS) is 12.2. The lowest BCUT2D eigenvalue weighted by atomic mass is 10.1. The van der Waals surface area contributed by atoms with E-state index in [0.29, 0.717) is 18.1 Å². The number of amides is 2. The quantitative estimate of drug-likeness (QED) is 0.847. The topological polar surface area (TPSA) is 44.4 Å². The van der Waals surface area contributed by atoms with E-state index < -0.39 is 0 Å². The summed E-state index contributed by atoms with van der Waals surface area (Å²) >= 11 is 7.88. The lowest BCUT2D eigenvalue weighted by Gasteiger charge is -2.26. The summed E-state index contributed by atoms with van der Waals surface area (Å²) in [7, 11) is 3.94. The van der Waals surface area contributed by atoms with E-state index in [-0.39, 0.29) is 12.1 Å². The molecule has 0 aliphatic carbocycles. The molecule has 2 amide bonds. The highest BCUT2D eigenvalue weighted by Gasteiger charge is 2.17. The van der Waals surface area contributed by atoms with Gasteiger partial charge in [0.1, 0.15) is 0 Å². The average molecular weight is 338 g/mol. The molecule has 1 heterocycles. The first-order valence-corrected chi connectivity index (χ1v) is 8.28. The minimum absolute atomic E-state index is 0.0289. The number of nitrogens with one attached hydrogen (secondary N) is 2. The fourth-order valence-electron chi connectivity index (χ4n) is 2.15. The van der Waals surface area contributed by atoms with Crippen molar-refractivity contribution in [2.75, 3.05) is 20.6 Å². The van der Waals surface area contributed by atoms with Crippen molar-refractivity contribution < 1.29 is 4.79 Å². The van der Waals surface area contributed by atoms with Gasteiger partial charge < -0.3 is 15.5 Å². The van der Waals surface area contributed by atoms with E-state index in [1.165, 1.54) is 0 Å². The van der Waals surface area contributed by atoms with Gasteiger partial charge in [-0.2, -0.15) is 0 Å². The summed E-state index contributed by atoms with van der Waals surface area (Å²) in [4.78, 5) is 15.1. The van der Waals surface area contributed by atoms with Gasteiger partial charge in [0.2, 0.25) is 0 Å². The van der Waals surface area contributed by atoms with Crippen LogP contribution in [0.2, 0.25) is 5.02 Å². The molecule has 0 saturated heterocycles. The summed E-state index contributed by atoms with van der Waals surface area (Å²) in [5.74, 6) is 0. The Morgan fingerprint density at radius 3 is 2.64 bits per heavy atom. The molecular weight excluding hydrogens is 318 g/mol. The van der Waals surface area contributed by atoms with E-state index in [1.54, 1.807) is 11.3 Å². The average Bonchev–Trinajstić information content (AvgIpc) is 3.00. The highest BCUT2D eigenvalue weighted by Crippen LogP contribution is 2.25. The van der Waals surface area contributed by atoms with Gasteiger partial charge in [0.05, 0.1) is 12.6 Å². The number of thiophene rings is 1. The molecule has 1 aromatic heterocycles. The molecule has 0 radical (unpaired) electrons. The number of nitrogens with zero attached hydrogens (tertiary/aromatic N) is 1. The summed E-state index contributed by atoms with van der Waals surface area (Å²) in [6, 6.07) is 11.5. The Bertz CT molecular complexity index is 601. The lowest BCUT2D eigenvalue weighted by molar-refractivity contribution is 0.232. The number of benzene rings is 1. The van der Waals surface area contributed by atoms with Crippen molar-refractivity contribution in [3.8, 4) is 0 Å². The largest absolute Gasteiger partial charge is 0.336 e. The molecule has 0 aliphatic rings. The highest BCUT2D eigenvalue weighted by molar-refractivity contribution is 7.09. The summed E-state index contributed by atoms with van der Waals surface area (Å²) < 4.78 is 0. The first-order chi connectivity index (χ1) is 10.6. The van der Waals surface area contributed by atoms with Gasteiger partial charge >= 0.3 is 6.03 Å². The van der Waals surface area contributed by atoms with Gasteiger partial charge in [-0.3, -0.25) is 0 Å². The number of carbonyl (C=O) groups is 1. The van der Waals surface area contributed by atoms with E-state index in [0.717, 1.165) is 10.4 Å². The number of carbonyl (C=O) groups excluding carboxylic acids is 1. The van der Waals surface area contributed by atoms with Crippen LogP contribution in [-0.4, -0.2) is 31.6 Å². The van der Waals surface area contributed by atoms with Crippen LogP contribution in [0.1, 0.15) is 16.5 Å². The molecule has 0 saturated carbocycles. The van der Waals surface area contributed by atoms with Crippen molar-refractivity contribution in [2.24, 2.45) is 0 Å². The number of hydrogen-bond acceptors (Lipinski definition) is 3. The molecule has 0 bridgehead atoms. The number of likely N-dealkylation sites (N-methyl/N-ethyl adjacent to an activating group) is 1. The van der Waals surface area contributed by atoms with E-state index >= 15 is 0 Å². The van der Waals surface area contributed by atoms with Crippen molar-refractivity contribution in [2.45, 2.75) is 12.6 Å². The summed E-state index contributed by atoms with van der Waals surface area (Å²) in [5.41, 5.74) is 1.01. The SMILES string of the molecule is CN(C)[C@@H](CNC(=O)NCc1cccs1)c1ccccc1Cl. The van der Waals surface area contributed by atoms with Crippen LogP contribution in [0.15, 0.2) is 41.8 Å². The Hall–Kier alpha value is -1.56. The molecule has 118 valence electrons. The molecule has 2 N–H and O–H groups in total. The van der Waals surface area contributed by atoms with E-state index in [2.05, 4.69) is 10.6 Å². The van der Waals surface area contributed by atoms with Crippen LogP contribution in [0.5, 0.6) is 0 Å². The van der Waals surface area contributed by atoms with E-state index in [1.807, 2.05) is 60.8 Å². The van der Waals surface area contributed by atoms with E-state index in [9.17, 15) is 4.79 Å². The standard InChI is InChI=1S/C16H20ClN3OS/c1-20(2)15(13-7-3-4-8-14(13)17)11-19-16(21)18-10-12-6-5-9-22-12/h3-9,15H,10-11H2,1-2H3,(H2,18,19,21)/t15-/m0/s1. The molecule has 22 heavy (non-hydrogen) atoms. The number of urea groups is 1. The molecule has 2 rings (SSSR count). The fourth-order valence-corrected chi connectivity index (χ4v) is 3.05. The predicted molar refractivity (Wildman–Crippen MR) is 92.4 cm³/mol. The molecular formula is C16H20ClN3OS.